The molecule has 0 fully saturated rings. The van der Waals surface area contributed by atoms with E-state index in [1.807, 2.05) is 6.07 Å². The molecule has 0 amide bonds. The molecule has 1 heterocycles. The molecule has 0 aliphatic rings. The van der Waals surface area contributed by atoms with Crippen molar-refractivity contribution in [2.75, 3.05) is 0 Å². The summed E-state index contributed by atoms with van der Waals surface area (Å²) in [5.41, 5.74) is 1.39. The molecule has 0 atom stereocenters. The highest BCUT2D eigenvalue weighted by molar-refractivity contribution is 5.65. The summed E-state index contributed by atoms with van der Waals surface area (Å²) in [5, 5.41) is 8.90. The Bertz CT molecular complexity index is 582. The topological polar surface area (TPSA) is 58.8 Å². The summed E-state index contributed by atoms with van der Waals surface area (Å²) in [6.45, 7) is -2.96. The van der Waals surface area contributed by atoms with Gasteiger partial charge in [-0.15, -0.1) is 0 Å². The number of halogens is 2. The van der Waals surface area contributed by atoms with E-state index in [0.717, 1.165) is 0 Å². The first-order valence-electron chi connectivity index (χ1n) is 4.95. The van der Waals surface area contributed by atoms with Crippen LogP contribution in [0.25, 0.3) is 11.1 Å². The minimum Gasteiger partial charge on any atom is -0.433 e. The van der Waals surface area contributed by atoms with Crippen molar-refractivity contribution in [2.24, 2.45) is 0 Å². The summed E-state index contributed by atoms with van der Waals surface area (Å²) in [5.74, 6) is -0.145. The van der Waals surface area contributed by atoms with Crippen LogP contribution in [0, 0.1) is 11.3 Å². The van der Waals surface area contributed by atoms with E-state index in [9.17, 15) is 8.78 Å². The third kappa shape index (κ3) is 2.58. The van der Waals surface area contributed by atoms with Gasteiger partial charge in [0.2, 0.25) is 0 Å². The third-order valence-corrected chi connectivity index (χ3v) is 2.21. The van der Waals surface area contributed by atoms with Crippen LogP contribution in [0.4, 0.5) is 8.78 Å². The van der Waals surface area contributed by atoms with E-state index in [-0.39, 0.29) is 11.3 Å². The van der Waals surface area contributed by atoms with E-state index >= 15 is 0 Å². The molecule has 0 N–H and O–H groups in total. The fourth-order valence-electron chi connectivity index (χ4n) is 1.44. The molecule has 90 valence electrons. The standard InChI is InChI=1S/C12H7F2N3O/c13-12(14)18-11-2-1-8(3-9(11)4-15)10-5-16-7-17-6-10/h1-3,5-7,12H. The van der Waals surface area contributed by atoms with Gasteiger partial charge >= 0.3 is 6.61 Å². The summed E-state index contributed by atoms with van der Waals surface area (Å²) in [4.78, 5) is 7.68. The van der Waals surface area contributed by atoms with Gasteiger partial charge in [-0.2, -0.15) is 14.0 Å². The molecule has 0 unspecified atom stereocenters. The van der Waals surface area contributed by atoms with Gasteiger partial charge in [-0.25, -0.2) is 9.97 Å². The molecule has 2 aromatic rings. The van der Waals surface area contributed by atoms with Crippen LogP contribution in [-0.2, 0) is 0 Å². The van der Waals surface area contributed by atoms with Gasteiger partial charge in [-0.1, -0.05) is 6.07 Å². The van der Waals surface area contributed by atoms with Crippen molar-refractivity contribution < 1.29 is 13.5 Å². The second kappa shape index (κ2) is 5.19. The maximum atomic E-state index is 12.1. The number of aromatic nitrogens is 2. The molecule has 0 spiro atoms. The number of alkyl halides is 2. The fourth-order valence-corrected chi connectivity index (χ4v) is 1.44. The lowest BCUT2D eigenvalue weighted by molar-refractivity contribution is -0.0500. The van der Waals surface area contributed by atoms with Crippen molar-refractivity contribution in [1.82, 2.24) is 9.97 Å². The molecule has 0 saturated heterocycles. The lowest BCUT2D eigenvalue weighted by Crippen LogP contribution is -2.03. The second-order valence-electron chi connectivity index (χ2n) is 3.33. The predicted octanol–water partition coefficient (Wildman–Crippen LogP) is 2.62. The highest BCUT2D eigenvalue weighted by atomic mass is 19.3. The average molecular weight is 247 g/mol. The van der Waals surface area contributed by atoms with Gasteiger partial charge in [0.25, 0.3) is 0 Å². The van der Waals surface area contributed by atoms with Gasteiger partial charge in [-0.05, 0) is 17.7 Å². The van der Waals surface area contributed by atoms with Crippen LogP contribution in [-0.4, -0.2) is 16.6 Å². The van der Waals surface area contributed by atoms with Gasteiger partial charge in [0.1, 0.15) is 18.1 Å². The van der Waals surface area contributed by atoms with Crippen LogP contribution in [0.1, 0.15) is 5.56 Å². The van der Waals surface area contributed by atoms with Crippen molar-refractivity contribution in [3.8, 4) is 22.9 Å². The number of nitriles is 1. The normalized spacial score (nSPS) is 10.1. The van der Waals surface area contributed by atoms with Crippen LogP contribution in [0.15, 0.2) is 36.9 Å². The first-order chi connectivity index (χ1) is 8.70. The molecule has 4 nitrogen and oxygen atoms in total. The molecular weight excluding hydrogens is 240 g/mol. The molecule has 0 aliphatic heterocycles. The maximum Gasteiger partial charge on any atom is 0.387 e. The van der Waals surface area contributed by atoms with E-state index in [0.29, 0.717) is 11.1 Å². The van der Waals surface area contributed by atoms with Gasteiger partial charge in [0.05, 0.1) is 5.56 Å². The Morgan fingerprint density at radius 3 is 2.50 bits per heavy atom. The zero-order chi connectivity index (χ0) is 13.0. The number of benzene rings is 1. The largest absolute Gasteiger partial charge is 0.433 e. The Morgan fingerprint density at radius 2 is 1.89 bits per heavy atom. The molecule has 0 aliphatic carbocycles. The number of hydrogen-bond donors (Lipinski definition) is 0. The van der Waals surface area contributed by atoms with Crippen LogP contribution in [0.3, 0.4) is 0 Å². The predicted molar refractivity (Wildman–Crippen MR) is 58.8 cm³/mol. The van der Waals surface area contributed by atoms with Crippen molar-refractivity contribution in [1.29, 1.82) is 5.26 Å². The molecule has 18 heavy (non-hydrogen) atoms. The Morgan fingerprint density at radius 1 is 1.17 bits per heavy atom. The van der Waals surface area contributed by atoms with Crippen molar-refractivity contribution >= 4 is 0 Å². The first-order valence-corrected chi connectivity index (χ1v) is 4.95. The molecular formula is C12H7F2N3O. The average Bonchev–Trinajstić information content (AvgIpc) is 2.39. The number of ether oxygens (including phenoxy) is 1. The zero-order valence-electron chi connectivity index (χ0n) is 9.05. The second-order valence-corrected chi connectivity index (χ2v) is 3.33. The van der Waals surface area contributed by atoms with Gasteiger partial charge < -0.3 is 4.74 Å². The van der Waals surface area contributed by atoms with Gasteiger partial charge in [0, 0.05) is 18.0 Å². The summed E-state index contributed by atoms with van der Waals surface area (Å²) >= 11 is 0. The lowest BCUT2D eigenvalue weighted by atomic mass is 10.1. The quantitative estimate of drug-likeness (QED) is 0.836. The zero-order valence-corrected chi connectivity index (χ0v) is 9.05. The number of nitrogens with zero attached hydrogens (tertiary/aromatic N) is 3. The third-order valence-electron chi connectivity index (χ3n) is 2.21. The first kappa shape index (κ1) is 11.9. The van der Waals surface area contributed by atoms with Gasteiger partial charge in [-0.3, -0.25) is 0 Å². The minimum absolute atomic E-state index is 0.0386. The SMILES string of the molecule is N#Cc1cc(-c2cncnc2)ccc1OC(F)F. The molecule has 0 radical (unpaired) electrons. The Hall–Kier alpha value is -2.55. The van der Waals surface area contributed by atoms with E-state index < -0.39 is 6.61 Å². The molecule has 1 aromatic carbocycles. The summed E-state index contributed by atoms with van der Waals surface area (Å²) < 4.78 is 28.5. The Labute approximate surface area is 101 Å². The van der Waals surface area contributed by atoms with E-state index in [4.69, 9.17) is 5.26 Å². The maximum absolute atomic E-state index is 12.1. The highest BCUT2D eigenvalue weighted by Gasteiger charge is 2.11. The molecule has 1 aromatic heterocycles. The van der Waals surface area contributed by atoms with Crippen LogP contribution < -0.4 is 4.74 Å². The minimum atomic E-state index is -2.96. The smallest absolute Gasteiger partial charge is 0.387 e. The monoisotopic (exact) mass is 247 g/mol. The number of hydrogen-bond acceptors (Lipinski definition) is 4. The van der Waals surface area contributed by atoms with Crippen molar-refractivity contribution in [3.05, 3.63) is 42.5 Å². The summed E-state index contributed by atoms with van der Waals surface area (Å²) in [7, 11) is 0. The fraction of sp³-hybridized carbons (Fsp3) is 0.0833. The van der Waals surface area contributed by atoms with E-state index in [1.54, 1.807) is 18.5 Å². The lowest BCUT2D eigenvalue weighted by Gasteiger charge is -2.07. The van der Waals surface area contributed by atoms with Crippen LogP contribution in [0.2, 0.25) is 0 Å². The number of rotatable bonds is 3. The van der Waals surface area contributed by atoms with Crippen molar-refractivity contribution in [2.45, 2.75) is 6.61 Å². The Balaban J connectivity index is 2.40. The van der Waals surface area contributed by atoms with Crippen LogP contribution >= 0.6 is 0 Å². The summed E-state index contributed by atoms with van der Waals surface area (Å²) in [6, 6.07) is 6.16. The van der Waals surface area contributed by atoms with Gasteiger partial charge in [0.15, 0.2) is 0 Å². The van der Waals surface area contributed by atoms with Crippen molar-refractivity contribution in [3.63, 3.8) is 0 Å². The molecule has 6 heteroatoms. The summed E-state index contributed by atoms with van der Waals surface area (Å²) in [6.07, 6.45) is 4.51. The van der Waals surface area contributed by atoms with E-state index in [2.05, 4.69) is 14.7 Å². The van der Waals surface area contributed by atoms with E-state index in [1.165, 1.54) is 18.5 Å². The highest BCUT2D eigenvalue weighted by Crippen LogP contribution is 2.26. The molecule has 2 rings (SSSR count). The Kier molecular flexibility index (Phi) is 3.44. The van der Waals surface area contributed by atoms with Crippen LogP contribution in [0.5, 0.6) is 5.75 Å². The molecule has 0 saturated carbocycles. The molecule has 0 bridgehead atoms.